The Bertz CT molecular complexity index is 1150. The van der Waals surface area contributed by atoms with E-state index in [1.54, 1.807) is 18.7 Å². The van der Waals surface area contributed by atoms with Crippen LogP contribution < -0.4 is 10.6 Å². The third-order valence-electron chi connectivity index (χ3n) is 4.72. The van der Waals surface area contributed by atoms with Crippen molar-refractivity contribution in [1.29, 1.82) is 0 Å². The topological polar surface area (TPSA) is 134 Å². The van der Waals surface area contributed by atoms with Crippen LogP contribution in [0.25, 0.3) is 22.3 Å². The summed E-state index contributed by atoms with van der Waals surface area (Å²) in [6.07, 6.45) is 5.95. The first kappa shape index (κ1) is 20.6. The Morgan fingerprint density at radius 3 is 2.45 bits per heavy atom. The molecule has 10 nitrogen and oxygen atoms in total. The number of nitrogens with zero attached hydrogens (tertiary/aromatic N) is 6. The number of imidazole rings is 1. The van der Waals surface area contributed by atoms with Crippen molar-refractivity contribution in [3.8, 4) is 11.1 Å². The van der Waals surface area contributed by atoms with Crippen molar-refractivity contribution >= 4 is 28.6 Å². The third-order valence-corrected chi connectivity index (χ3v) is 4.72. The van der Waals surface area contributed by atoms with E-state index in [-0.39, 0.29) is 25.0 Å². The van der Waals surface area contributed by atoms with E-state index >= 15 is 0 Å². The highest BCUT2D eigenvalue weighted by atomic mass is 16.3. The van der Waals surface area contributed by atoms with Crippen molar-refractivity contribution < 1.29 is 10.2 Å². The van der Waals surface area contributed by atoms with Gasteiger partial charge in [0.2, 0.25) is 5.95 Å². The Morgan fingerprint density at radius 1 is 1.03 bits per heavy atom. The molecule has 0 fully saturated rings. The minimum atomic E-state index is -0.960. The average Bonchev–Trinajstić information content (AvgIpc) is 3.20. The van der Waals surface area contributed by atoms with Gasteiger partial charge in [0.1, 0.15) is 12.6 Å². The number of rotatable bonds is 8. The lowest BCUT2D eigenvalue weighted by Crippen LogP contribution is -2.22. The summed E-state index contributed by atoms with van der Waals surface area (Å²) in [6.45, 7) is 3.93. The second kappa shape index (κ2) is 9.02. The molecule has 4 aromatic rings. The first-order chi connectivity index (χ1) is 15.0. The minimum Gasteiger partial charge on any atom is -0.396 e. The Morgan fingerprint density at radius 2 is 1.77 bits per heavy atom. The van der Waals surface area contributed by atoms with Crippen LogP contribution in [0.15, 0.2) is 49.3 Å². The van der Waals surface area contributed by atoms with Crippen LogP contribution in [0.5, 0.6) is 0 Å². The van der Waals surface area contributed by atoms with Crippen LogP contribution in [0, 0.1) is 0 Å². The molecule has 3 aromatic heterocycles. The van der Waals surface area contributed by atoms with Crippen molar-refractivity contribution in [3.63, 3.8) is 0 Å². The van der Waals surface area contributed by atoms with Gasteiger partial charge in [-0.3, -0.25) is 0 Å². The number of benzene rings is 1. The van der Waals surface area contributed by atoms with E-state index in [0.717, 1.165) is 16.8 Å². The van der Waals surface area contributed by atoms with Crippen LogP contribution in [-0.4, -0.2) is 52.5 Å². The smallest absolute Gasteiger partial charge is 0.228 e. The second-order valence-electron chi connectivity index (χ2n) is 7.32. The number of aliphatic hydroxyl groups is 2. The number of hydrogen-bond donors (Lipinski definition) is 4. The first-order valence-corrected chi connectivity index (χ1v) is 9.97. The van der Waals surface area contributed by atoms with Crippen molar-refractivity contribution in [1.82, 2.24) is 29.5 Å². The van der Waals surface area contributed by atoms with E-state index in [2.05, 4.69) is 35.6 Å². The normalized spacial score (nSPS) is 12.3. The summed E-state index contributed by atoms with van der Waals surface area (Å²) in [6, 6.07) is 7.95. The van der Waals surface area contributed by atoms with Gasteiger partial charge in [-0.1, -0.05) is 12.1 Å². The fourth-order valence-electron chi connectivity index (χ4n) is 3.12. The molecule has 1 atom stereocenters. The summed E-state index contributed by atoms with van der Waals surface area (Å²) in [5.74, 6) is 0.760. The van der Waals surface area contributed by atoms with Crippen molar-refractivity contribution in [2.24, 2.45) is 0 Å². The van der Waals surface area contributed by atoms with Gasteiger partial charge in [-0.25, -0.2) is 15.0 Å². The number of aromatic nitrogens is 6. The molecular formula is C21H24N8O2. The molecule has 4 rings (SSSR count). The summed E-state index contributed by atoms with van der Waals surface area (Å²) in [5, 5.41) is 25.2. The highest BCUT2D eigenvalue weighted by molar-refractivity contribution is 5.86. The molecule has 0 aliphatic carbocycles. The monoisotopic (exact) mass is 420 g/mol. The standard InChI is InChI=1S/C21H24N8O2/c1-13(2)29-12-24-18-19(27-21(28-20(18)29)26-17(31)7-8-30)25-16-5-3-14(4-6-16)15-9-22-11-23-10-15/h3-6,9-13,17,30-31H,7-8H2,1-2H3,(H2,25,26,27,28). The van der Waals surface area contributed by atoms with Crippen LogP contribution in [0.1, 0.15) is 26.3 Å². The van der Waals surface area contributed by atoms with Crippen LogP contribution in [0.2, 0.25) is 0 Å². The fraction of sp³-hybridized carbons (Fsp3) is 0.286. The number of anilines is 3. The number of fused-ring (bicyclic) bond motifs is 1. The maximum absolute atomic E-state index is 10.0. The molecule has 1 aromatic carbocycles. The zero-order chi connectivity index (χ0) is 21.8. The second-order valence-corrected chi connectivity index (χ2v) is 7.32. The maximum Gasteiger partial charge on any atom is 0.228 e. The van der Waals surface area contributed by atoms with E-state index in [1.165, 1.54) is 6.33 Å². The summed E-state index contributed by atoms with van der Waals surface area (Å²) in [5.41, 5.74) is 4.01. The molecule has 1 unspecified atom stereocenters. The molecule has 0 radical (unpaired) electrons. The van der Waals surface area contributed by atoms with Crippen LogP contribution in [-0.2, 0) is 0 Å². The van der Waals surface area contributed by atoms with Crippen LogP contribution >= 0.6 is 0 Å². The van der Waals surface area contributed by atoms with Gasteiger partial charge >= 0.3 is 0 Å². The fourth-order valence-corrected chi connectivity index (χ4v) is 3.12. The quantitative estimate of drug-likeness (QED) is 0.317. The molecule has 3 heterocycles. The predicted octanol–water partition coefficient (Wildman–Crippen LogP) is 2.72. The Kier molecular flexibility index (Phi) is 6.01. The van der Waals surface area contributed by atoms with E-state index in [4.69, 9.17) is 5.11 Å². The van der Waals surface area contributed by atoms with E-state index in [0.29, 0.717) is 17.0 Å². The van der Waals surface area contributed by atoms with E-state index < -0.39 is 6.23 Å². The van der Waals surface area contributed by atoms with Gasteiger partial charge in [0.25, 0.3) is 0 Å². The molecule has 0 aliphatic heterocycles. The molecule has 0 saturated carbocycles. The Balaban J connectivity index is 1.67. The molecule has 0 spiro atoms. The predicted molar refractivity (Wildman–Crippen MR) is 118 cm³/mol. The average molecular weight is 420 g/mol. The van der Waals surface area contributed by atoms with Gasteiger partial charge in [0.15, 0.2) is 17.0 Å². The zero-order valence-corrected chi connectivity index (χ0v) is 17.3. The Hall–Kier alpha value is -3.63. The van der Waals surface area contributed by atoms with Gasteiger partial charge in [0, 0.05) is 42.7 Å². The highest BCUT2D eigenvalue weighted by Crippen LogP contribution is 2.27. The van der Waals surface area contributed by atoms with Crippen LogP contribution in [0.4, 0.5) is 17.5 Å². The molecular weight excluding hydrogens is 396 g/mol. The van der Waals surface area contributed by atoms with Gasteiger partial charge in [-0.05, 0) is 31.5 Å². The van der Waals surface area contributed by atoms with E-state index in [1.807, 2.05) is 42.7 Å². The molecule has 4 N–H and O–H groups in total. The van der Waals surface area contributed by atoms with E-state index in [9.17, 15) is 5.11 Å². The molecule has 0 aliphatic rings. The van der Waals surface area contributed by atoms with Gasteiger partial charge in [-0.15, -0.1) is 0 Å². The lowest BCUT2D eigenvalue weighted by molar-refractivity contribution is 0.155. The molecule has 10 heteroatoms. The molecule has 0 bridgehead atoms. The maximum atomic E-state index is 10.0. The number of hydrogen-bond acceptors (Lipinski definition) is 9. The molecule has 160 valence electrons. The SMILES string of the molecule is CC(C)n1cnc2c(Nc3ccc(-c4cncnc4)cc3)nc(NC(O)CCO)nc21. The van der Waals surface area contributed by atoms with Crippen molar-refractivity contribution in [2.45, 2.75) is 32.5 Å². The first-order valence-electron chi connectivity index (χ1n) is 9.97. The van der Waals surface area contributed by atoms with Gasteiger partial charge < -0.3 is 25.4 Å². The highest BCUT2D eigenvalue weighted by Gasteiger charge is 2.16. The van der Waals surface area contributed by atoms with Gasteiger partial charge in [-0.2, -0.15) is 9.97 Å². The summed E-state index contributed by atoms with van der Waals surface area (Å²) in [7, 11) is 0. The zero-order valence-electron chi connectivity index (χ0n) is 17.3. The van der Waals surface area contributed by atoms with Gasteiger partial charge in [0.05, 0.1) is 6.33 Å². The molecule has 0 saturated heterocycles. The molecule has 31 heavy (non-hydrogen) atoms. The van der Waals surface area contributed by atoms with Crippen LogP contribution in [0.3, 0.4) is 0 Å². The van der Waals surface area contributed by atoms with Crippen molar-refractivity contribution in [3.05, 3.63) is 49.3 Å². The lowest BCUT2D eigenvalue weighted by atomic mass is 10.1. The lowest BCUT2D eigenvalue weighted by Gasteiger charge is -2.14. The summed E-state index contributed by atoms with van der Waals surface area (Å²) in [4.78, 5) is 21.6. The Labute approximate surface area is 179 Å². The summed E-state index contributed by atoms with van der Waals surface area (Å²) >= 11 is 0. The summed E-state index contributed by atoms with van der Waals surface area (Å²) < 4.78 is 1.93. The minimum absolute atomic E-state index is 0.148. The molecule has 0 amide bonds. The largest absolute Gasteiger partial charge is 0.396 e. The third kappa shape index (κ3) is 4.60. The number of nitrogens with one attached hydrogen (secondary N) is 2. The number of aliphatic hydroxyl groups excluding tert-OH is 2. The van der Waals surface area contributed by atoms with Crippen molar-refractivity contribution in [2.75, 3.05) is 17.2 Å².